The first-order chi connectivity index (χ1) is 13.2. The van der Waals surface area contributed by atoms with Crippen LogP contribution in [-0.2, 0) is 10.1 Å². The Hall–Kier alpha value is -0.950. The number of nitrogens with zero attached hydrogens (tertiary/aromatic N) is 1. The van der Waals surface area contributed by atoms with Gasteiger partial charge >= 0.3 is 0 Å². The molecule has 0 aromatic heterocycles. The first-order valence-electron chi connectivity index (χ1n) is 10.7. The number of quaternary nitrogens is 1. The average Bonchev–Trinajstić information content (AvgIpc) is 2.62. The van der Waals surface area contributed by atoms with Crippen molar-refractivity contribution in [2.45, 2.75) is 77.0 Å². The highest BCUT2D eigenvalue weighted by atomic mass is 32.2. The zero-order chi connectivity index (χ0) is 21.5. The van der Waals surface area contributed by atoms with Gasteiger partial charge in [0.2, 0.25) is 0 Å². The maximum absolute atomic E-state index is 10.4. The van der Waals surface area contributed by atoms with E-state index in [-0.39, 0.29) is 4.90 Å². The molecule has 0 aliphatic rings. The second-order valence-corrected chi connectivity index (χ2v) is 9.28. The molecule has 0 aliphatic carbocycles. The van der Waals surface area contributed by atoms with E-state index in [4.69, 9.17) is 0 Å². The number of aliphatic hydroxyl groups is 1. The summed E-state index contributed by atoms with van der Waals surface area (Å²) in [6, 6.07) is 5.78. The minimum absolute atomic E-state index is 0.178. The minimum Gasteiger partial charge on any atom is -0.744 e. The van der Waals surface area contributed by atoms with Crippen molar-refractivity contribution >= 4 is 10.1 Å². The summed E-state index contributed by atoms with van der Waals surface area (Å²) in [7, 11) is -1.96. The van der Waals surface area contributed by atoms with E-state index in [1.54, 1.807) is 12.1 Å². The number of hydrogen-bond acceptors (Lipinski definition) is 4. The van der Waals surface area contributed by atoms with Crippen LogP contribution >= 0.6 is 0 Å². The molecule has 0 radical (unpaired) electrons. The quantitative estimate of drug-likeness (QED) is 0.293. The van der Waals surface area contributed by atoms with Gasteiger partial charge in [0, 0.05) is 0 Å². The molecule has 0 saturated carbocycles. The summed E-state index contributed by atoms with van der Waals surface area (Å²) in [5.41, 5.74) is 0.928. The third kappa shape index (κ3) is 13.3. The van der Waals surface area contributed by atoms with Crippen molar-refractivity contribution in [1.29, 1.82) is 0 Å². The summed E-state index contributed by atoms with van der Waals surface area (Å²) in [6.07, 6.45) is 10.7. The topological polar surface area (TPSA) is 77.4 Å². The molecule has 164 valence electrons. The number of rotatable bonds is 13. The number of aryl methyl sites for hydroxylation is 1. The van der Waals surface area contributed by atoms with Gasteiger partial charge in [-0.05, 0) is 44.7 Å². The van der Waals surface area contributed by atoms with Crippen molar-refractivity contribution in [3.8, 4) is 0 Å². The molecule has 6 heteroatoms. The van der Waals surface area contributed by atoms with E-state index in [2.05, 4.69) is 20.9 Å². The lowest BCUT2D eigenvalue weighted by molar-refractivity contribution is -0.910. The van der Waals surface area contributed by atoms with Crippen LogP contribution in [0.3, 0.4) is 0 Å². The number of aliphatic hydroxyl groups excluding tert-OH is 1. The molecule has 5 nitrogen and oxygen atoms in total. The lowest BCUT2D eigenvalue weighted by Gasteiger charge is -2.34. The Bertz CT molecular complexity index is 601. The molecule has 0 amide bonds. The van der Waals surface area contributed by atoms with Gasteiger partial charge in [-0.1, -0.05) is 57.2 Å². The molecule has 1 aromatic carbocycles. The minimum atomic E-state index is -4.27. The molecule has 0 saturated heterocycles. The average molecular weight is 416 g/mol. The van der Waals surface area contributed by atoms with Crippen LogP contribution in [0, 0.1) is 6.92 Å². The molecule has 0 aliphatic heterocycles. The normalized spacial score (nSPS) is 13.5. The van der Waals surface area contributed by atoms with Gasteiger partial charge in [-0.2, -0.15) is 0 Å². The third-order valence-electron chi connectivity index (χ3n) is 5.05. The van der Waals surface area contributed by atoms with Crippen LogP contribution in [0.4, 0.5) is 0 Å². The molecule has 1 N–H and O–H groups in total. The van der Waals surface area contributed by atoms with Crippen LogP contribution in [0.5, 0.6) is 0 Å². The van der Waals surface area contributed by atoms with Crippen LogP contribution in [0.15, 0.2) is 29.2 Å². The first kappa shape index (κ1) is 27.0. The fourth-order valence-corrected chi connectivity index (χ4v) is 3.59. The van der Waals surface area contributed by atoms with Gasteiger partial charge < -0.3 is 14.1 Å². The Labute approximate surface area is 173 Å². The van der Waals surface area contributed by atoms with Gasteiger partial charge in [0.15, 0.2) is 0 Å². The van der Waals surface area contributed by atoms with Crippen molar-refractivity contribution in [3.05, 3.63) is 29.8 Å². The van der Waals surface area contributed by atoms with Gasteiger partial charge in [-0.25, -0.2) is 8.42 Å². The van der Waals surface area contributed by atoms with Crippen LogP contribution < -0.4 is 0 Å². The SMILES string of the molecule is CCCCCCC[N+](C)(CCO)CCCCC.Cc1ccc(S(=O)(=O)[O-])cc1. The summed E-state index contributed by atoms with van der Waals surface area (Å²) >= 11 is 0. The smallest absolute Gasteiger partial charge is 0.124 e. The van der Waals surface area contributed by atoms with E-state index in [0.717, 1.165) is 16.6 Å². The predicted octanol–water partition coefficient (Wildman–Crippen LogP) is 4.49. The van der Waals surface area contributed by atoms with Crippen molar-refractivity contribution in [2.24, 2.45) is 0 Å². The number of hydrogen-bond donors (Lipinski definition) is 1. The molecular formula is C22H41NO4S. The van der Waals surface area contributed by atoms with E-state index in [1.165, 1.54) is 76.6 Å². The molecule has 1 aromatic rings. The Morgan fingerprint density at radius 2 is 1.32 bits per heavy atom. The number of likely N-dealkylation sites (N-methyl/N-ethyl adjacent to an activating group) is 1. The predicted molar refractivity (Wildman–Crippen MR) is 115 cm³/mol. The highest BCUT2D eigenvalue weighted by molar-refractivity contribution is 7.85. The molecule has 28 heavy (non-hydrogen) atoms. The fourth-order valence-electron chi connectivity index (χ4n) is 3.12. The van der Waals surface area contributed by atoms with Gasteiger partial charge in [0.1, 0.15) is 16.7 Å². The van der Waals surface area contributed by atoms with Gasteiger partial charge in [0.05, 0.1) is 31.6 Å². The van der Waals surface area contributed by atoms with Crippen molar-refractivity contribution in [3.63, 3.8) is 0 Å². The van der Waals surface area contributed by atoms with E-state index in [0.29, 0.717) is 6.61 Å². The molecular weight excluding hydrogens is 374 g/mol. The Balaban J connectivity index is 0.000000567. The monoisotopic (exact) mass is 415 g/mol. The Morgan fingerprint density at radius 1 is 0.857 bits per heavy atom. The largest absolute Gasteiger partial charge is 0.744 e. The zero-order valence-corrected chi connectivity index (χ0v) is 19.1. The van der Waals surface area contributed by atoms with Gasteiger partial charge in [-0.3, -0.25) is 0 Å². The van der Waals surface area contributed by atoms with Crippen molar-refractivity contribution in [2.75, 3.05) is 33.3 Å². The first-order valence-corrected chi connectivity index (χ1v) is 12.1. The van der Waals surface area contributed by atoms with E-state index >= 15 is 0 Å². The molecule has 0 heterocycles. The van der Waals surface area contributed by atoms with E-state index in [9.17, 15) is 18.1 Å². The van der Waals surface area contributed by atoms with Crippen molar-refractivity contribution in [1.82, 2.24) is 0 Å². The maximum Gasteiger partial charge on any atom is 0.124 e. The lowest BCUT2D eigenvalue weighted by Crippen LogP contribution is -2.47. The van der Waals surface area contributed by atoms with Gasteiger partial charge in [-0.15, -0.1) is 0 Å². The molecule has 0 spiro atoms. The van der Waals surface area contributed by atoms with Crippen molar-refractivity contribution < 1.29 is 22.6 Å². The highest BCUT2D eigenvalue weighted by Crippen LogP contribution is 2.11. The Kier molecular flexibility index (Phi) is 14.5. The van der Waals surface area contributed by atoms with Crippen LogP contribution in [0.25, 0.3) is 0 Å². The zero-order valence-electron chi connectivity index (χ0n) is 18.3. The molecule has 0 fully saturated rings. The second-order valence-electron chi connectivity index (χ2n) is 7.90. The summed E-state index contributed by atoms with van der Waals surface area (Å²) in [4.78, 5) is -0.178. The summed E-state index contributed by atoms with van der Waals surface area (Å²) in [5.74, 6) is 0. The molecule has 0 bridgehead atoms. The standard InChI is InChI=1S/C15H34NO.C7H8O3S/c1-4-6-8-9-11-13-16(3,14-15-17)12-10-7-5-2;1-6-2-4-7(5-3-6)11(8,9)10/h17H,4-15H2,1-3H3;2-5H,1H3,(H,8,9,10)/q+1;/p-1. The lowest BCUT2D eigenvalue weighted by atomic mass is 10.1. The van der Waals surface area contributed by atoms with E-state index < -0.39 is 10.1 Å². The summed E-state index contributed by atoms with van der Waals surface area (Å²) in [6.45, 7) is 10.1. The van der Waals surface area contributed by atoms with Gasteiger partial charge in [0.25, 0.3) is 0 Å². The number of unbranched alkanes of at least 4 members (excludes halogenated alkanes) is 6. The second kappa shape index (κ2) is 15.0. The Morgan fingerprint density at radius 3 is 1.79 bits per heavy atom. The third-order valence-corrected chi connectivity index (χ3v) is 5.90. The molecule has 1 rings (SSSR count). The summed E-state index contributed by atoms with van der Waals surface area (Å²) < 4.78 is 32.2. The van der Waals surface area contributed by atoms with Crippen LogP contribution in [-0.4, -0.2) is 55.8 Å². The fraction of sp³-hybridized carbons (Fsp3) is 0.727. The maximum atomic E-state index is 10.4. The summed E-state index contributed by atoms with van der Waals surface area (Å²) in [5, 5.41) is 9.18. The molecule has 1 atom stereocenters. The van der Waals surface area contributed by atoms with Crippen LogP contribution in [0.2, 0.25) is 0 Å². The number of benzene rings is 1. The highest BCUT2D eigenvalue weighted by Gasteiger charge is 2.19. The van der Waals surface area contributed by atoms with Crippen LogP contribution in [0.1, 0.15) is 70.8 Å². The van der Waals surface area contributed by atoms with E-state index in [1.807, 2.05) is 6.92 Å². The molecule has 1 unspecified atom stereocenters.